The molecule has 138 valence electrons. The number of hydrogen-bond donors (Lipinski definition) is 1. The third-order valence-corrected chi connectivity index (χ3v) is 6.09. The topological polar surface area (TPSA) is 45.6 Å². The van der Waals surface area contributed by atoms with Gasteiger partial charge in [-0.05, 0) is 25.0 Å². The smallest absolute Gasteiger partial charge is 0.131 e. The summed E-state index contributed by atoms with van der Waals surface area (Å²) in [6.45, 7) is 2.10. The number of pyridine rings is 1. The largest absolute Gasteiger partial charge is 0.497 e. The first kappa shape index (κ1) is 17.4. The van der Waals surface area contributed by atoms with Crippen LogP contribution in [0.25, 0.3) is 0 Å². The van der Waals surface area contributed by atoms with Gasteiger partial charge in [0.15, 0.2) is 0 Å². The van der Waals surface area contributed by atoms with Crippen molar-refractivity contribution in [2.45, 2.75) is 31.4 Å². The van der Waals surface area contributed by atoms with Crippen LogP contribution in [-0.2, 0) is 12.1 Å². The number of aliphatic hydroxyl groups is 1. The molecule has 1 saturated carbocycles. The summed E-state index contributed by atoms with van der Waals surface area (Å²) in [6, 6.07) is 8.91. The molecular formula is C21H25FN2O2. The van der Waals surface area contributed by atoms with Crippen molar-refractivity contribution in [3.05, 3.63) is 59.7 Å². The fraction of sp³-hybridized carbons (Fsp3) is 0.476. The number of benzene rings is 1. The number of fused-ring (bicyclic) bond motifs is 2. The van der Waals surface area contributed by atoms with Gasteiger partial charge in [0.05, 0.1) is 12.7 Å². The predicted molar refractivity (Wildman–Crippen MR) is 97.2 cm³/mol. The molecule has 2 fully saturated rings. The van der Waals surface area contributed by atoms with Crippen LogP contribution in [0.4, 0.5) is 4.39 Å². The minimum atomic E-state index is -0.818. The SMILES string of the molecule is COc1ccc(CN2C[C@H]3CCC[C@@H](C2)C3(O)c2cccnc2)c(F)c1. The van der Waals surface area contributed by atoms with Crippen molar-refractivity contribution in [3.63, 3.8) is 0 Å². The van der Waals surface area contributed by atoms with E-state index >= 15 is 0 Å². The Morgan fingerprint density at radius 1 is 1.27 bits per heavy atom. The monoisotopic (exact) mass is 356 g/mol. The Kier molecular flexibility index (Phi) is 4.67. The minimum absolute atomic E-state index is 0.153. The number of piperidine rings is 1. The molecule has 2 bridgehead atoms. The first-order valence-corrected chi connectivity index (χ1v) is 9.29. The summed E-state index contributed by atoms with van der Waals surface area (Å²) in [6.07, 6.45) is 6.66. The van der Waals surface area contributed by atoms with E-state index in [1.54, 1.807) is 31.6 Å². The molecule has 4 rings (SSSR count). The average Bonchev–Trinajstić information content (AvgIpc) is 2.65. The molecule has 5 heteroatoms. The summed E-state index contributed by atoms with van der Waals surface area (Å²) in [4.78, 5) is 6.49. The van der Waals surface area contributed by atoms with Gasteiger partial charge in [-0.3, -0.25) is 9.88 Å². The maximum Gasteiger partial charge on any atom is 0.131 e. The maximum absolute atomic E-state index is 14.3. The first-order chi connectivity index (χ1) is 12.6. The fourth-order valence-corrected chi connectivity index (χ4v) is 4.77. The lowest BCUT2D eigenvalue weighted by atomic mass is 9.63. The fourth-order valence-electron chi connectivity index (χ4n) is 4.77. The molecule has 26 heavy (non-hydrogen) atoms. The van der Waals surface area contributed by atoms with E-state index in [9.17, 15) is 9.50 Å². The summed E-state index contributed by atoms with van der Waals surface area (Å²) in [5.41, 5.74) is 0.780. The zero-order chi connectivity index (χ0) is 18.1. The van der Waals surface area contributed by atoms with Crippen LogP contribution in [0.3, 0.4) is 0 Å². The number of ether oxygens (including phenoxy) is 1. The van der Waals surface area contributed by atoms with Gasteiger partial charge in [-0.25, -0.2) is 4.39 Å². The van der Waals surface area contributed by atoms with Crippen molar-refractivity contribution < 1.29 is 14.2 Å². The van der Waals surface area contributed by atoms with Gasteiger partial charge in [0.25, 0.3) is 0 Å². The lowest BCUT2D eigenvalue weighted by molar-refractivity contribution is -0.148. The Hall–Kier alpha value is -1.98. The zero-order valence-corrected chi connectivity index (χ0v) is 15.1. The molecule has 2 heterocycles. The molecule has 1 unspecified atom stereocenters. The van der Waals surface area contributed by atoms with Gasteiger partial charge in [-0.1, -0.05) is 18.6 Å². The summed E-state index contributed by atoms with van der Waals surface area (Å²) >= 11 is 0. The molecule has 3 atom stereocenters. The number of methoxy groups -OCH3 is 1. The highest BCUT2D eigenvalue weighted by atomic mass is 19.1. The Balaban J connectivity index is 1.55. The number of likely N-dealkylation sites (tertiary alicyclic amines) is 1. The molecule has 1 aliphatic carbocycles. The molecule has 2 aromatic rings. The van der Waals surface area contributed by atoms with Crippen molar-refractivity contribution in [2.24, 2.45) is 11.8 Å². The molecule has 0 radical (unpaired) electrons. The first-order valence-electron chi connectivity index (χ1n) is 9.29. The van der Waals surface area contributed by atoms with Crippen molar-refractivity contribution in [3.8, 4) is 5.75 Å². The van der Waals surface area contributed by atoms with E-state index < -0.39 is 5.60 Å². The lowest BCUT2D eigenvalue weighted by Crippen LogP contribution is -2.57. The van der Waals surface area contributed by atoms with Gasteiger partial charge in [-0.2, -0.15) is 0 Å². The van der Waals surface area contributed by atoms with E-state index in [4.69, 9.17) is 4.74 Å². The number of hydrogen-bond acceptors (Lipinski definition) is 4. The van der Waals surface area contributed by atoms with Crippen LogP contribution in [0, 0.1) is 17.7 Å². The molecule has 1 aromatic heterocycles. The van der Waals surface area contributed by atoms with Crippen LogP contribution in [-0.4, -0.2) is 35.2 Å². The normalized spacial score (nSPS) is 28.7. The zero-order valence-electron chi connectivity index (χ0n) is 15.1. The summed E-state index contributed by atoms with van der Waals surface area (Å²) < 4.78 is 19.4. The highest BCUT2D eigenvalue weighted by Gasteiger charge is 2.51. The maximum atomic E-state index is 14.3. The molecular weight excluding hydrogens is 331 g/mol. The van der Waals surface area contributed by atoms with E-state index in [-0.39, 0.29) is 17.7 Å². The second kappa shape index (κ2) is 6.97. The molecule has 0 amide bonds. The number of nitrogens with zero attached hydrogens (tertiary/aromatic N) is 2. The molecule has 1 aliphatic heterocycles. The summed E-state index contributed by atoms with van der Waals surface area (Å²) in [5, 5.41) is 11.6. The average molecular weight is 356 g/mol. The highest BCUT2D eigenvalue weighted by molar-refractivity contribution is 5.29. The van der Waals surface area contributed by atoms with Gasteiger partial charge in [0.1, 0.15) is 11.6 Å². The molecule has 4 nitrogen and oxygen atoms in total. The van der Waals surface area contributed by atoms with Crippen LogP contribution in [0.2, 0.25) is 0 Å². The van der Waals surface area contributed by atoms with Gasteiger partial charge in [-0.15, -0.1) is 0 Å². The molecule has 1 saturated heterocycles. The lowest BCUT2D eigenvalue weighted by Gasteiger charge is -2.53. The third kappa shape index (κ3) is 2.99. The molecule has 1 aromatic carbocycles. The predicted octanol–water partition coefficient (Wildman–Crippen LogP) is 3.35. The second-order valence-corrected chi connectivity index (χ2v) is 7.54. The van der Waals surface area contributed by atoms with E-state index in [1.807, 2.05) is 12.1 Å². The van der Waals surface area contributed by atoms with E-state index in [0.29, 0.717) is 17.9 Å². The standard InChI is InChI=1S/C21H25FN2O2/c1-26-19-8-7-15(20(22)10-19)12-24-13-17-4-2-5-18(14-24)21(17,25)16-6-3-9-23-11-16/h3,6-11,17-18,25H,2,4-5,12-14H2,1H3/t17-,18+,21?. The van der Waals surface area contributed by atoms with Gasteiger partial charge < -0.3 is 9.84 Å². The Morgan fingerprint density at radius 3 is 2.65 bits per heavy atom. The second-order valence-electron chi connectivity index (χ2n) is 7.54. The van der Waals surface area contributed by atoms with Gasteiger partial charge in [0.2, 0.25) is 0 Å². The van der Waals surface area contributed by atoms with Crippen molar-refractivity contribution in [1.82, 2.24) is 9.88 Å². The number of aromatic nitrogens is 1. The third-order valence-electron chi connectivity index (χ3n) is 6.09. The van der Waals surface area contributed by atoms with Crippen LogP contribution in [0.15, 0.2) is 42.7 Å². The number of halogens is 1. The Bertz CT molecular complexity index is 754. The van der Waals surface area contributed by atoms with E-state index in [2.05, 4.69) is 9.88 Å². The highest BCUT2D eigenvalue weighted by Crippen LogP contribution is 2.49. The molecule has 1 N–H and O–H groups in total. The van der Waals surface area contributed by atoms with Gasteiger partial charge in [0, 0.05) is 61.1 Å². The van der Waals surface area contributed by atoms with E-state index in [0.717, 1.165) is 37.9 Å². The number of rotatable bonds is 4. The molecule has 2 aliphatic rings. The van der Waals surface area contributed by atoms with Crippen LogP contribution in [0.5, 0.6) is 5.75 Å². The van der Waals surface area contributed by atoms with Crippen molar-refractivity contribution in [1.29, 1.82) is 0 Å². The summed E-state index contributed by atoms with van der Waals surface area (Å²) in [5.74, 6) is 0.608. The molecule has 0 spiro atoms. The van der Waals surface area contributed by atoms with Crippen LogP contribution >= 0.6 is 0 Å². The summed E-state index contributed by atoms with van der Waals surface area (Å²) in [7, 11) is 1.54. The Morgan fingerprint density at radius 2 is 2.04 bits per heavy atom. The van der Waals surface area contributed by atoms with E-state index in [1.165, 1.54) is 6.07 Å². The van der Waals surface area contributed by atoms with Crippen LogP contribution in [0.1, 0.15) is 30.4 Å². The quantitative estimate of drug-likeness (QED) is 0.913. The van der Waals surface area contributed by atoms with Crippen LogP contribution < -0.4 is 4.74 Å². The van der Waals surface area contributed by atoms with Gasteiger partial charge >= 0.3 is 0 Å². The van der Waals surface area contributed by atoms with Crippen molar-refractivity contribution >= 4 is 0 Å². The Labute approximate surface area is 153 Å². The van der Waals surface area contributed by atoms with Crippen molar-refractivity contribution in [2.75, 3.05) is 20.2 Å². The minimum Gasteiger partial charge on any atom is -0.497 e.